The lowest BCUT2D eigenvalue weighted by Crippen LogP contribution is -2.51. The highest BCUT2D eigenvalue weighted by Gasteiger charge is 2.24. The Morgan fingerprint density at radius 1 is 1.06 bits per heavy atom. The molecule has 4 heterocycles. The Morgan fingerprint density at radius 3 is 2.61 bits per heavy atom. The third-order valence-electron chi connectivity index (χ3n) is 5.89. The average molecular weight is 532 g/mol. The summed E-state index contributed by atoms with van der Waals surface area (Å²) in [5.41, 5.74) is 3.53. The summed E-state index contributed by atoms with van der Waals surface area (Å²) in [6.07, 6.45) is 1.61. The Kier molecular flexibility index (Phi) is 7.20. The van der Waals surface area contributed by atoms with Gasteiger partial charge in [-0.2, -0.15) is 0 Å². The highest BCUT2D eigenvalue weighted by atomic mass is 35.6. The number of furan rings is 1. The average Bonchev–Trinajstić information content (AvgIpc) is 3.51. The van der Waals surface area contributed by atoms with E-state index >= 15 is 0 Å². The minimum atomic E-state index is -2.60. The molecular formula is C23H22ClN5O6S. The van der Waals surface area contributed by atoms with Crippen LogP contribution in [-0.2, 0) is 6.54 Å². The topological polar surface area (TPSA) is 142 Å². The van der Waals surface area contributed by atoms with Crippen molar-refractivity contribution in [1.29, 1.82) is 0 Å². The molecule has 2 aliphatic heterocycles. The number of halogens is 1. The molecule has 1 saturated heterocycles. The van der Waals surface area contributed by atoms with Crippen molar-refractivity contribution in [2.24, 2.45) is 0 Å². The van der Waals surface area contributed by atoms with Crippen molar-refractivity contribution in [3.63, 3.8) is 0 Å². The summed E-state index contributed by atoms with van der Waals surface area (Å²) in [4.78, 5) is 13.4. The summed E-state index contributed by atoms with van der Waals surface area (Å²) < 4.78 is 40.9. The normalized spacial score (nSPS) is 14.8. The SMILES string of the molecule is S=C(NCc1ccc2c(c1)OCO2)N1CCN(c2ncnc3c2oc2ccccc23)CC1.[O-][Cl+2]([O-])O. The van der Waals surface area contributed by atoms with Crippen LogP contribution < -0.4 is 29.0 Å². The molecule has 1 fully saturated rings. The number of hydrogen-bond acceptors (Lipinski definition) is 10. The molecule has 0 saturated carbocycles. The fraction of sp³-hybridized carbons (Fsp3) is 0.261. The van der Waals surface area contributed by atoms with Gasteiger partial charge >= 0.3 is 0 Å². The quantitative estimate of drug-likeness (QED) is 0.352. The van der Waals surface area contributed by atoms with Crippen molar-refractivity contribution in [2.45, 2.75) is 6.54 Å². The van der Waals surface area contributed by atoms with E-state index in [1.54, 1.807) is 6.33 Å². The van der Waals surface area contributed by atoms with Crippen molar-refractivity contribution >= 4 is 45.2 Å². The minimum Gasteiger partial charge on any atom is -0.454 e. The van der Waals surface area contributed by atoms with Crippen LogP contribution in [0.5, 0.6) is 11.5 Å². The fourth-order valence-electron chi connectivity index (χ4n) is 4.20. The second-order valence-electron chi connectivity index (χ2n) is 7.99. The number of benzene rings is 2. The number of fused-ring (bicyclic) bond motifs is 4. The fourth-order valence-corrected chi connectivity index (χ4v) is 4.45. The van der Waals surface area contributed by atoms with Crippen molar-refractivity contribution in [3.8, 4) is 11.5 Å². The van der Waals surface area contributed by atoms with Gasteiger partial charge in [-0.15, -0.1) is 0 Å². The van der Waals surface area contributed by atoms with Crippen LogP contribution in [0.4, 0.5) is 5.82 Å². The van der Waals surface area contributed by atoms with Crippen molar-refractivity contribution in [3.05, 3.63) is 54.4 Å². The molecule has 6 rings (SSSR count). The van der Waals surface area contributed by atoms with Crippen LogP contribution in [0.2, 0.25) is 0 Å². The van der Waals surface area contributed by atoms with Gasteiger partial charge < -0.3 is 38.3 Å². The van der Waals surface area contributed by atoms with Crippen LogP contribution in [0.3, 0.4) is 0 Å². The van der Waals surface area contributed by atoms with Crippen LogP contribution >= 0.6 is 12.2 Å². The van der Waals surface area contributed by atoms with Crippen LogP contribution in [-0.4, -0.2) is 57.6 Å². The molecule has 2 aliphatic rings. The number of hydrogen-bond donors (Lipinski definition) is 2. The van der Waals surface area contributed by atoms with Gasteiger partial charge in [0.25, 0.3) is 10.8 Å². The predicted octanol–water partition coefficient (Wildman–Crippen LogP) is 0.366. The van der Waals surface area contributed by atoms with Crippen LogP contribution in [0.1, 0.15) is 5.56 Å². The molecule has 2 aromatic heterocycles. The summed E-state index contributed by atoms with van der Waals surface area (Å²) >= 11 is 5.64. The minimum absolute atomic E-state index is 0.279. The maximum absolute atomic E-state index is 8.52. The highest BCUT2D eigenvalue weighted by molar-refractivity contribution is 7.80. The monoisotopic (exact) mass is 531 g/mol. The molecule has 36 heavy (non-hydrogen) atoms. The second-order valence-corrected chi connectivity index (χ2v) is 8.78. The molecule has 188 valence electrons. The third-order valence-corrected chi connectivity index (χ3v) is 6.29. The largest absolute Gasteiger partial charge is 0.454 e. The Morgan fingerprint density at radius 2 is 1.81 bits per heavy atom. The molecule has 0 radical (unpaired) electrons. The maximum atomic E-state index is 8.52. The lowest BCUT2D eigenvalue weighted by atomic mass is 10.2. The highest BCUT2D eigenvalue weighted by Crippen LogP contribution is 2.33. The Labute approximate surface area is 214 Å². The number of para-hydroxylation sites is 1. The van der Waals surface area contributed by atoms with E-state index in [9.17, 15) is 0 Å². The van der Waals surface area contributed by atoms with E-state index in [-0.39, 0.29) is 6.79 Å². The summed E-state index contributed by atoms with van der Waals surface area (Å²) in [7, 11) is -2.60. The first-order valence-electron chi connectivity index (χ1n) is 11.0. The Balaban J connectivity index is 0.000000623. The first-order chi connectivity index (χ1) is 17.5. The number of rotatable bonds is 3. The molecule has 0 unspecified atom stereocenters. The van der Waals surface area contributed by atoms with Gasteiger partial charge in [-0.05, 0) is 42.0 Å². The molecule has 11 nitrogen and oxygen atoms in total. The number of anilines is 1. The molecule has 0 atom stereocenters. The van der Waals surface area contributed by atoms with E-state index < -0.39 is 10.8 Å². The van der Waals surface area contributed by atoms with E-state index in [1.807, 2.05) is 42.5 Å². The number of ether oxygens (including phenoxy) is 2. The van der Waals surface area contributed by atoms with Gasteiger partial charge in [0.2, 0.25) is 6.79 Å². The van der Waals surface area contributed by atoms with Crippen molar-refractivity contribution in [2.75, 3.05) is 37.9 Å². The Bertz CT molecular complexity index is 1380. The van der Waals surface area contributed by atoms with Crippen molar-refractivity contribution < 1.29 is 38.7 Å². The van der Waals surface area contributed by atoms with Gasteiger partial charge in [-0.25, -0.2) is 9.97 Å². The molecule has 13 heteroatoms. The summed E-state index contributed by atoms with van der Waals surface area (Å²) in [5.74, 6) is 2.41. The van der Waals surface area contributed by atoms with E-state index in [1.165, 1.54) is 0 Å². The Hall–Kier alpha value is -3.42. The molecular weight excluding hydrogens is 510 g/mol. The molecule has 0 amide bonds. The van der Waals surface area contributed by atoms with E-state index in [0.29, 0.717) is 6.54 Å². The predicted molar refractivity (Wildman–Crippen MR) is 127 cm³/mol. The molecule has 2 N–H and O–H groups in total. The number of thiocarbonyl (C=S) groups is 1. The lowest BCUT2D eigenvalue weighted by molar-refractivity contribution is -1.63. The molecule has 0 spiro atoms. The molecule has 0 aliphatic carbocycles. The van der Waals surface area contributed by atoms with Crippen molar-refractivity contribution in [1.82, 2.24) is 20.2 Å². The van der Waals surface area contributed by atoms with Gasteiger partial charge in [0, 0.05) is 42.8 Å². The second kappa shape index (κ2) is 10.7. The summed E-state index contributed by atoms with van der Waals surface area (Å²) in [6, 6.07) is 13.9. The number of aromatic nitrogens is 2. The standard InChI is InChI=1S/C23H21N5O3S.ClHO3/c32-23(24-12-15-5-6-18-19(11-15)30-14-29-18)28-9-7-27(8-10-28)22-21-20(25-13-26-22)16-3-1-2-4-17(16)31-21;2-1(3)4/h1-6,11,13H,7-10,12,14H2,(H,24,32);2H. The lowest BCUT2D eigenvalue weighted by Gasteiger charge is -2.36. The zero-order valence-corrected chi connectivity index (χ0v) is 20.5. The van der Waals surface area contributed by atoms with Gasteiger partial charge in [-0.1, -0.05) is 18.2 Å². The van der Waals surface area contributed by atoms with Crippen LogP contribution in [0.15, 0.2) is 53.2 Å². The first kappa shape index (κ1) is 24.3. The van der Waals surface area contributed by atoms with E-state index in [0.717, 1.165) is 76.2 Å². The maximum Gasteiger partial charge on any atom is 0.282 e. The number of nitrogens with zero attached hydrogens (tertiary/aromatic N) is 4. The zero-order valence-electron chi connectivity index (χ0n) is 18.9. The molecule has 2 aromatic carbocycles. The zero-order chi connectivity index (χ0) is 25.1. The molecule has 0 bridgehead atoms. The third kappa shape index (κ3) is 5.22. The smallest absolute Gasteiger partial charge is 0.282 e. The van der Waals surface area contributed by atoms with Gasteiger partial charge in [-0.3, -0.25) is 0 Å². The van der Waals surface area contributed by atoms with Gasteiger partial charge in [0.15, 0.2) is 28.0 Å². The van der Waals surface area contributed by atoms with Crippen LogP contribution in [0, 0.1) is 10.8 Å². The van der Waals surface area contributed by atoms with Crippen LogP contribution in [0.25, 0.3) is 22.1 Å². The van der Waals surface area contributed by atoms with E-state index in [2.05, 4.69) is 25.1 Å². The first-order valence-corrected chi connectivity index (χ1v) is 12.4. The summed E-state index contributed by atoms with van der Waals surface area (Å²) in [5, 5.41) is 5.12. The molecule has 4 aromatic rings. The van der Waals surface area contributed by atoms with Gasteiger partial charge in [0.05, 0.1) is 0 Å². The number of nitrogens with one attached hydrogen (secondary N) is 1. The number of piperazine rings is 1. The van der Waals surface area contributed by atoms with E-state index in [4.69, 9.17) is 40.1 Å². The van der Waals surface area contributed by atoms with Gasteiger partial charge in [0.1, 0.15) is 17.4 Å². The summed E-state index contributed by atoms with van der Waals surface area (Å²) in [6.45, 7) is 4.13.